The van der Waals surface area contributed by atoms with E-state index in [-0.39, 0.29) is 11.5 Å². The van der Waals surface area contributed by atoms with Crippen LogP contribution in [0.3, 0.4) is 0 Å². The van der Waals surface area contributed by atoms with Crippen LogP contribution in [0.4, 0.5) is 4.39 Å². The summed E-state index contributed by atoms with van der Waals surface area (Å²) < 4.78 is 12.7. The van der Waals surface area contributed by atoms with E-state index in [1.807, 2.05) is 16.8 Å². The van der Waals surface area contributed by atoms with Gasteiger partial charge >= 0.3 is 0 Å². The molecule has 104 valence electrons. The average molecular weight is 292 g/mol. The van der Waals surface area contributed by atoms with Crippen molar-refractivity contribution in [2.75, 3.05) is 0 Å². The number of rotatable bonds is 4. The molecule has 0 aliphatic heterocycles. The summed E-state index contributed by atoms with van der Waals surface area (Å²) in [5.74, 6) is -1.16. The van der Waals surface area contributed by atoms with Gasteiger partial charge in [0.25, 0.3) is 5.91 Å². The van der Waals surface area contributed by atoms with E-state index in [9.17, 15) is 14.0 Å². The van der Waals surface area contributed by atoms with Crippen molar-refractivity contribution in [3.63, 3.8) is 0 Å². The Kier molecular flexibility index (Phi) is 4.84. The normalized spacial score (nSPS) is 10.1. The van der Waals surface area contributed by atoms with E-state index in [2.05, 4.69) is 10.9 Å². The summed E-state index contributed by atoms with van der Waals surface area (Å²) in [6.07, 6.45) is 0.919. The first kappa shape index (κ1) is 14.2. The van der Waals surface area contributed by atoms with Gasteiger partial charge in [-0.15, -0.1) is 0 Å². The van der Waals surface area contributed by atoms with Crippen LogP contribution in [0.15, 0.2) is 41.1 Å². The predicted molar refractivity (Wildman–Crippen MR) is 74.6 cm³/mol. The molecule has 2 aromatic rings. The molecule has 0 fully saturated rings. The number of aryl methyl sites for hydroxylation is 1. The highest BCUT2D eigenvalue weighted by Gasteiger charge is 2.07. The molecule has 0 unspecified atom stereocenters. The lowest BCUT2D eigenvalue weighted by atomic mass is 10.2. The largest absolute Gasteiger partial charge is 0.273 e. The number of amides is 2. The Bertz CT molecular complexity index is 582. The van der Waals surface area contributed by atoms with Crippen molar-refractivity contribution < 1.29 is 14.0 Å². The van der Waals surface area contributed by atoms with Crippen molar-refractivity contribution in [1.82, 2.24) is 10.9 Å². The smallest absolute Gasteiger partial charge is 0.269 e. The van der Waals surface area contributed by atoms with Crippen LogP contribution in [0.1, 0.15) is 22.3 Å². The first-order valence-corrected chi connectivity index (χ1v) is 6.95. The Morgan fingerprint density at radius 3 is 2.50 bits per heavy atom. The van der Waals surface area contributed by atoms with Crippen LogP contribution in [0, 0.1) is 5.82 Å². The zero-order chi connectivity index (χ0) is 14.4. The van der Waals surface area contributed by atoms with Crippen LogP contribution in [0.5, 0.6) is 0 Å². The molecule has 0 bridgehead atoms. The molecule has 1 aromatic heterocycles. The second-order valence-corrected chi connectivity index (χ2v) is 4.92. The lowest BCUT2D eigenvalue weighted by molar-refractivity contribution is -0.121. The van der Waals surface area contributed by atoms with Gasteiger partial charge in [0, 0.05) is 12.0 Å². The standard InChI is InChI=1S/C14H13FN2O2S/c15-12-4-2-11(3-5-12)14(19)17-16-13(18)6-1-10-7-8-20-9-10/h2-5,7-9H,1,6H2,(H,16,18)(H,17,19). The highest BCUT2D eigenvalue weighted by atomic mass is 32.1. The van der Waals surface area contributed by atoms with Gasteiger partial charge in [0.15, 0.2) is 0 Å². The second kappa shape index (κ2) is 6.81. The minimum atomic E-state index is -0.478. The molecule has 6 heteroatoms. The summed E-state index contributed by atoms with van der Waals surface area (Å²) in [6, 6.07) is 7.03. The first-order valence-electron chi connectivity index (χ1n) is 6.01. The van der Waals surface area contributed by atoms with Gasteiger partial charge in [-0.1, -0.05) is 0 Å². The average Bonchev–Trinajstić information content (AvgIpc) is 2.96. The predicted octanol–water partition coefficient (Wildman–Crippen LogP) is 2.28. The summed E-state index contributed by atoms with van der Waals surface area (Å²) in [7, 11) is 0. The van der Waals surface area contributed by atoms with E-state index in [0.717, 1.165) is 5.56 Å². The molecular formula is C14H13FN2O2S. The molecule has 20 heavy (non-hydrogen) atoms. The molecule has 1 aromatic carbocycles. The summed E-state index contributed by atoms with van der Waals surface area (Å²) in [5, 5.41) is 3.92. The zero-order valence-electron chi connectivity index (χ0n) is 10.6. The van der Waals surface area contributed by atoms with Crippen LogP contribution >= 0.6 is 11.3 Å². The molecule has 0 spiro atoms. The van der Waals surface area contributed by atoms with Crippen molar-refractivity contribution >= 4 is 23.2 Å². The summed E-state index contributed by atoms with van der Waals surface area (Å²) >= 11 is 1.58. The van der Waals surface area contributed by atoms with Gasteiger partial charge in [-0.3, -0.25) is 20.4 Å². The van der Waals surface area contributed by atoms with Crippen molar-refractivity contribution in [2.24, 2.45) is 0 Å². The van der Waals surface area contributed by atoms with E-state index in [4.69, 9.17) is 0 Å². The molecule has 2 amide bonds. The van der Waals surface area contributed by atoms with Crippen LogP contribution < -0.4 is 10.9 Å². The molecule has 0 radical (unpaired) electrons. The monoisotopic (exact) mass is 292 g/mol. The van der Waals surface area contributed by atoms with Crippen molar-refractivity contribution in [3.8, 4) is 0 Å². The van der Waals surface area contributed by atoms with Crippen LogP contribution in [-0.2, 0) is 11.2 Å². The molecule has 0 saturated heterocycles. The Balaban J connectivity index is 1.75. The Hall–Kier alpha value is -2.21. The lowest BCUT2D eigenvalue weighted by Crippen LogP contribution is -2.41. The Morgan fingerprint density at radius 2 is 1.85 bits per heavy atom. The van der Waals surface area contributed by atoms with E-state index in [1.165, 1.54) is 24.3 Å². The molecule has 0 aliphatic rings. The minimum Gasteiger partial charge on any atom is -0.273 e. The first-order chi connectivity index (χ1) is 9.65. The maximum atomic E-state index is 12.7. The number of carbonyl (C=O) groups is 2. The fourth-order valence-corrected chi connectivity index (χ4v) is 2.26. The van der Waals surface area contributed by atoms with E-state index >= 15 is 0 Å². The third-order valence-corrected chi connectivity index (χ3v) is 3.37. The molecule has 1 heterocycles. The molecule has 0 atom stereocenters. The van der Waals surface area contributed by atoms with Crippen molar-refractivity contribution in [1.29, 1.82) is 0 Å². The van der Waals surface area contributed by atoms with Gasteiger partial charge in [0.05, 0.1) is 0 Å². The molecule has 0 aliphatic carbocycles. The third kappa shape index (κ3) is 4.17. The van der Waals surface area contributed by atoms with Crippen LogP contribution in [0.25, 0.3) is 0 Å². The third-order valence-electron chi connectivity index (χ3n) is 2.64. The molecular weight excluding hydrogens is 279 g/mol. The maximum absolute atomic E-state index is 12.7. The van der Waals surface area contributed by atoms with Gasteiger partial charge in [-0.2, -0.15) is 11.3 Å². The number of benzene rings is 1. The molecule has 4 nitrogen and oxygen atoms in total. The number of carbonyl (C=O) groups excluding carboxylic acids is 2. The second-order valence-electron chi connectivity index (χ2n) is 4.14. The highest BCUT2D eigenvalue weighted by Crippen LogP contribution is 2.08. The van der Waals surface area contributed by atoms with Gasteiger partial charge in [-0.25, -0.2) is 4.39 Å². The van der Waals surface area contributed by atoms with E-state index < -0.39 is 11.7 Å². The fraction of sp³-hybridized carbons (Fsp3) is 0.143. The van der Waals surface area contributed by atoms with Crippen molar-refractivity contribution in [3.05, 3.63) is 58.0 Å². The number of nitrogens with one attached hydrogen (secondary N) is 2. The quantitative estimate of drug-likeness (QED) is 0.849. The van der Waals surface area contributed by atoms with Crippen LogP contribution in [0.2, 0.25) is 0 Å². The van der Waals surface area contributed by atoms with E-state index in [1.54, 1.807) is 11.3 Å². The van der Waals surface area contributed by atoms with Gasteiger partial charge in [-0.05, 0) is 53.1 Å². The number of thiophene rings is 1. The lowest BCUT2D eigenvalue weighted by Gasteiger charge is -2.07. The van der Waals surface area contributed by atoms with Gasteiger partial charge in [0.2, 0.25) is 5.91 Å². The Labute approximate surface area is 119 Å². The number of hydrazine groups is 1. The van der Waals surface area contributed by atoms with Crippen LogP contribution in [-0.4, -0.2) is 11.8 Å². The number of hydrogen-bond donors (Lipinski definition) is 2. The maximum Gasteiger partial charge on any atom is 0.269 e. The van der Waals surface area contributed by atoms with E-state index in [0.29, 0.717) is 12.8 Å². The Morgan fingerprint density at radius 1 is 1.10 bits per heavy atom. The number of halogens is 1. The number of hydrogen-bond acceptors (Lipinski definition) is 3. The zero-order valence-corrected chi connectivity index (χ0v) is 11.4. The fourth-order valence-electron chi connectivity index (χ4n) is 1.56. The molecule has 0 saturated carbocycles. The van der Waals surface area contributed by atoms with Gasteiger partial charge in [0.1, 0.15) is 5.82 Å². The SMILES string of the molecule is O=C(CCc1ccsc1)NNC(=O)c1ccc(F)cc1. The molecule has 2 N–H and O–H groups in total. The minimum absolute atomic E-state index is 0.272. The summed E-state index contributed by atoms with van der Waals surface area (Å²) in [5.41, 5.74) is 5.99. The summed E-state index contributed by atoms with van der Waals surface area (Å²) in [6.45, 7) is 0. The summed E-state index contributed by atoms with van der Waals surface area (Å²) in [4.78, 5) is 23.2. The topological polar surface area (TPSA) is 58.2 Å². The van der Waals surface area contributed by atoms with Gasteiger partial charge < -0.3 is 0 Å². The molecule has 2 rings (SSSR count). The van der Waals surface area contributed by atoms with Crippen molar-refractivity contribution in [2.45, 2.75) is 12.8 Å². The highest BCUT2D eigenvalue weighted by molar-refractivity contribution is 7.07.